The molecule has 0 rings (SSSR count). The van der Waals surface area contributed by atoms with Gasteiger partial charge in [0.2, 0.25) is 0 Å². The molecule has 0 saturated heterocycles. The molecule has 0 aliphatic heterocycles. The van der Waals surface area contributed by atoms with Gasteiger partial charge in [0, 0.05) is 6.42 Å². The van der Waals surface area contributed by atoms with Gasteiger partial charge in [-0.1, -0.05) is 26.2 Å². The van der Waals surface area contributed by atoms with E-state index in [1.807, 2.05) is 0 Å². The first-order valence-electron chi connectivity index (χ1n) is 4.17. The van der Waals surface area contributed by atoms with Crippen LogP contribution in [0.4, 0.5) is 0 Å². The Labute approximate surface area is 65.0 Å². The van der Waals surface area contributed by atoms with Crippen LogP contribution in [-0.2, 0) is 0 Å². The molecule has 0 N–H and O–H groups in total. The summed E-state index contributed by atoms with van der Waals surface area (Å²) in [6.45, 7) is 2.22. The summed E-state index contributed by atoms with van der Waals surface area (Å²) >= 11 is 0. The average Bonchev–Trinajstić information content (AvgIpc) is 1.97. The molecule has 0 atom stereocenters. The van der Waals surface area contributed by atoms with Crippen LogP contribution in [-0.4, -0.2) is 0 Å². The molecule has 0 aromatic heterocycles. The van der Waals surface area contributed by atoms with Crippen molar-refractivity contribution in [1.82, 2.24) is 0 Å². The monoisotopic (exact) mass is 137 g/mol. The van der Waals surface area contributed by atoms with E-state index in [0.717, 1.165) is 6.42 Å². The number of hydrogen-bond acceptors (Lipinski definition) is 0. The first-order valence-corrected chi connectivity index (χ1v) is 4.17. The van der Waals surface area contributed by atoms with Crippen molar-refractivity contribution in [1.29, 1.82) is 0 Å². The molecule has 0 heterocycles. The fraction of sp³-hybridized carbons (Fsp3) is 0.700. The van der Waals surface area contributed by atoms with Gasteiger partial charge in [0.25, 0.3) is 0 Å². The van der Waals surface area contributed by atoms with Gasteiger partial charge in [-0.25, -0.2) is 0 Å². The van der Waals surface area contributed by atoms with Crippen molar-refractivity contribution in [2.24, 2.45) is 0 Å². The van der Waals surface area contributed by atoms with Crippen LogP contribution in [0.3, 0.4) is 0 Å². The van der Waals surface area contributed by atoms with Crippen LogP contribution in [0.1, 0.15) is 45.4 Å². The summed E-state index contributed by atoms with van der Waals surface area (Å²) in [5.74, 6) is 2.64. The SMILES string of the molecule is C#CCCC[CH]CCCC. The van der Waals surface area contributed by atoms with E-state index >= 15 is 0 Å². The number of hydrogen-bond donors (Lipinski definition) is 0. The lowest BCUT2D eigenvalue weighted by Crippen LogP contribution is -1.78. The zero-order valence-electron chi connectivity index (χ0n) is 6.90. The fourth-order valence-corrected chi connectivity index (χ4v) is 0.841. The van der Waals surface area contributed by atoms with E-state index in [2.05, 4.69) is 19.3 Å². The molecule has 0 aliphatic rings. The van der Waals surface area contributed by atoms with Crippen LogP contribution in [0.5, 0.6) is 0 Å². The first-order chi connectivity index (χ1) is 4.91. The van der Waals surface area contributed by atoms with Gasteiger partial charge < -0.3 is 0 Å². The molecule has 0 amide bonds. The molecule has 0 saturated carbocycles. The Morgan fingerprint density at radius 2 is 2.00 bits per heavy atom. The van der Waals surface area contributed by atoms with Gasteiger partial charge in [-0.2, -0.15) is 0 Å². The second-order valence-corrected chi connectivity index (χ2v) is 2.53. The highest BCUT2D eigenvalue weighted by molar-refractivity contribution is 4.83. The van der Waals surface area contributed by atoms with E-state index in [1.54, 1.807) is 0 Å². The Kier molecular flexibility index (Phi) is 8.18. The first kappa shape index (κ1) is 9.56. The minimum Gasteiger partial charge on any atom is -0.120 e. The largest absolute Gasteiger partial charge is 0.120 e. The van der Waals surface area contributed by atoms with Gasteiger partial charge in [0.15, 0.2) is 0 Å². The van der Waals surface area contributed by atoms with E-state index < -0.39 is 0 Å². The Morgan fingerprint density at radius 3 is 2.60 bits per heavy atom. The van der Waals surface area contributed by atoms with Crippen molar-refractivity contribution in [2.45, 2.75) is 45.4 Å². The molecule has 57 valence electrons. The predicted molar refractivity (Wildman–Crippen MR) is 46.5 cm³/mol. The molecule has 0 aromatic carbocycles. The van der Waals surface area contributed by atoms with Gasteiger partial charge in [-0.15, -0.1) is 12.3 Å². The number of unbranched alkanes of at least 4 members (excludes halogenated alkanes) is 6. The van der Waals surface area contributed by atoms with Crippen LogP contribution in [0.15, 0.2) is 0 Å². The highest BCUT2D eigenvalue weighted by Gasteiger charge is 1.87. The van der Waals surface area contributed by atoms with Crippen LogP contribution in [0.25, 0.3) is 0 Å². The Bertz CT molecular complexity index is 86.7. The topological polar surface area (TPSA) is 0 Å². The quantitative estimate of drug-likeness (QED) is 0.389. The van der Waals surface area contributed by atoms with E-state index in [4.69, 9.17) is 6.42 Å². The van der Waals surface area contributed by atoms with E-state index in [1.165, 1.54) is 32.1 Å². The summed E-state index contributed by atoms with van der Waals surface area (Å²) in [7, 11) is 0. The molecule has 0 fully saturated rings. The average molecular weight is 137 g/mol. The van der Waals surface area contributed by atoms with E-state index in [0.29, 0.717) is 0 Å². The van der Waals surface area contributed by atoms with Gasteiger partial charge in [0.05, 0.1) is 0 Å². The van der Waals surface area contributed by atoms with Crippen molar-refractivity contribution in [3.05, 3.63) is 6.42 Å². The van der Waals surface area contributed by atoms with Crippen molar-refractivity contribution in [3.8, 4) is 12.3 Å². The Balaban J connectivity index is 2.72. The minimum absolute atomic E-state index is 0.933. The summed E-state index contributed by atoms with van der Waals surface area (Å²) in [4.78, 5) is 0. The molecule has 0 spiro atoms. The zero-order valence-corrected chi connectivity index (χ0v) is 6.90. The molecule has 10 heavy (non-hydrogen) atoms. The lowest BCUT2D eigenvalue weighted by Gasteiger charge is -1.95. The molecule has 0 aromatic rings. The normalized spacial score (nSPS) is 9.20. The Morgan fingerprint density at radius 1 is 1.30 bits per heavy atom. The van der Waals surface area contributed by atoms with Crippen molar-refractivity contribution < 1.29 is 0 Å². The highest BCUT2D eigenvalue weighted by Crippen LogP contribution is 2.04. The predicted octanol–water partition coefficient (Wildman–Crippen LogP) is 3.18. The van der Waals surface area contributed by atoms with E-state index in [-0.39, 0.29) is 0 Å². The van der Waals surface area contributed by atoms with Gasteiger partial charge in [-0.05, 0) is 19.3 Å². The smallest absolute Gasteiger partial charge is 0.00861 e. The molecule has 0 heteroatoms. The van der Waals surface area contributed by atoms with Crippen LogP contribution < -0.4 is 0 Å². The summed E-state index contributed by atoms with van der Waals surface area (Å²) in [5, 5.41) is 0. The molecule has 0 aliphatic carbocycles. The lowest BCUT2D eigenvalue weighted by molar-refractivity contribution is 0.725. The summed E-state index contributed by atoms with van der Waals surface area (Å²) in [6.07, 6.45) is 14.6. The Hall–Kier alpha value is -0.440. The lowest BCUT2D eigenvalue weighted by atomic mass is 10.1. The third kappa shape index (κ3) is 7.56. The second-order valence-electron chi connectivity index (χ2n) is 2.53. The highest BCUT2D eigenvalue weighted by atomic mass is 13.9. The van der Waals surface area contributed by atoms with E-state index in [9.17, 15) is 0 Å². The van der Waals surface area contributed by atoms with Crippen molar-refractivity contribution >= 4 is 0 Å². The minimum atomic E-state index is 0.933. The summed E-state index contributed by atoms with van der Waals surface area (Å²) in [6, 6.07) is 0. The maximum absolute atomic E-state index is 5.11. The van der Waals surface area contributed by atoms with Gasteiger partial charge in [0.1, 0.15) is 0 Å². The van der Waals surface area contributed by atoms with Crippen molar-refractivity contribution in [2.75, 3.05) is 0 Å². The second kappa shape index (κ2) is 8.56. The van der Waals surface area contributed by atoms with Gasteiger partial charge >= 0.3 is 0 Å². The van der Waals surface area contributed by atoms with Gasteiger partial charge in [-0.3, -0.25) is 0 Å². The zero-order chi connectivity index (χ0) is 7.66. The summed E-state index contributed by atoms with van der Waals surface area (Å²) in [5.41, 5.74) is 0. The molecule has 0 unspecified atom stereocenters. The van der Waals surface area contributed by atoms with Crippen LogP contribution >= 0.6 is 0 Å². The number of rotatable bonds is 6. The van der Waals surface area contributed by atoms with Crippen LogP contribution in [0.2, 0.25) is 0 Å². The molecular formula is C10H17. The van der Waals surface area contributed by atoms with Crippen LogP contribution in [0, 0.1) is 18.8 Å². The third-order valence-corrected chi connectivity index (χ3v) is 1.49. The molecule has 0 nitrogen and oxygen atoms in total. The molecule has 1 radical (unpaired) electrons. The maximum Gasteiger partial charge on any atom is 0.00861 e. The van der Waals surface area contributed by atoms with Crippen molar-refractivity contribution in [3.63, 3.8) is 0 Å². The maximum atomic E-state index is 5.11. The fourth-order valence-electron chi connectivity index (χ4n) is 0.841. The molecule has 0 bridgehead atoms. The standard InChI is InChI=1S/C10H17/c1-3-5-7-9-10-8-6-4-2/h1,10H,4-9H2,2H3. The number of terminal acetylenes is 1. The molecular weight excluding hydrogens is 120 g/mol. The summed E-state index contributed by atoms with van der Waals surface area (Å²) < 4.78 is 0. The third-order valence-electron chi connectivity index (χ3n) is 1.49.